The van der Waals surface area contributed by atoms with Gasteiger partial charge in [0.25, 0.3) is 0 Å². The van der Waals surface area contributed by atoms with Crippen molar-refractivity contribution in [3.63, 3.8) is 0 Å². The molecule has 0 bridgehead atoms. The summed E-state index contributed by atoms with van der Waals surface area (Å²) < 4.78 is 11.0. The average Bonchev–Trinajstić information content (AvgIpc) is 3.19. The van der Waals surface area contributed by atoms with Crippen LogP contribution in [0.15, 0.2) is 27.8 Å². The molecule has 130 valence electrons. The predicted octanol–water partition coefficient (Wildman–Crippen LogP) is 1.82. The van der Waals surface area contributed by atoms with E-state index in [1.807, 2.05) is 12.1 Å². The summed E-state index contributed by atoms with van der Waals surface area (Å²) in [4.78, 5) is 9.16. The third-order valence-corrected chi connectivity index (χ3v) is 4.16. The van der Waals surface area contributed by atoms with Crippen LogP contribution in [0.4, 0.5) is 0 Å². The monoisotopic (exact) mass is 322 g/mol. The Labute approximate surface area is 139 Å². The van der Waals surface area contributed by atoms with E-state index < -0.39 is 0 Å². The number of rotatable bonds is 7. The largest absolute Gasteiger partial charge is 0.468 e. The van der Waals surface area contributed by atoms with Crippen LogP contribution < -0.4 is 5.32 Å². The molecule has 1 saturated heterocycles. The summed E-state index contributed by atoms with van der Waals surface area (Å²) in [6.07, 6.45) is 2.85. The minimum Gasteiger partial charge on any atom is -0.468 e. The molecule has 23 heavy (non-hydrogen) atoms. The van der Waals surface area contributed by atoms with E-state index in [9.17, 15) is 0 Å². The number of ether oxygens (including phenoxy) is 1. The van der Waals surface area contributed by atoms with E-state index in [4.69, 9.17) is 14.1 Å². The number of hydrogen-bond donors (Lipinski definition) is 1. The number of guanidine groups is 1. The van der Waals surface area contributed by atoms with Gasteiger partial charge in [-0.3, -0.25) is 9.89 Å². The van der Waals surface area contributed by atoms with Gasteiger partial charge in [-0.1, -0.05) is 0 Å². The highest BCUT2D eigenvalue weighted by atomic mass is 16.5. The van der Waals surface area contributed by atoms with Gasteiger partial charge < -0.3 is 19.4 Å². The highest BCUT2D eigenvalue weighted by molar-refractivity contribution is 5.79. The van der Waals surface area contributed by atoms with Crippen molar-refractivity contribution in [3.8, 4) is 0 Å². The second-order valence-electron chi connectivity index (χ2n) is 6.30. The number of nitrogens with one attached hydrogen (secondary N) is 1. The molecule has 2 atom stereocenters. The maximum absolute atomic E-state index is 5.56. The lowest BCUT2D eigenvalue weighted by molar-refractivity contribution is 0.181. The fraction of sp³-hybridized carbons (Fsp3) is 0.706. The zero-order chi connectivity index (χ0) is 16.7. The van der Waals surface area contributed by atoms with Gasteiger partial charge in [-0.05, 0) is 39.6 Å². The van der Waals surface area contributed by atoms with Gasteiger partial charge >= 0.3 is 0 Å². The maximum atomic E-state index is 5.56. The molecule has 0 aliphatic carbocycles. The molecule has 1 aromatic rings. The van der Waals surface area contributed by atoms with E-state index in [0.29, 0.717) is 12.5 Å². The minimum atomic E-state index is 0.141. The predicted molar refractivity (Wildman–Crippen MR) is 92.7 cm³/mol. The van der Waals surface area contributed by atoms with Gasteiger partial charge in [0.05, 0.1) is 25.5 Å². The standard InChI is InChI=1S/C17H30N4O2/c1-5-18-17(21(4)12-14-8-10-22-13-14)19-11-15(20(2)3)16-7-6-9-23-16/h6-7,9,14-15H,5,8,10-13H2,1-4H3,(H,18,19). The van der Waals surface area contributed by atoms with Gasteiger partial charge in [0.15, 0.2) is 5.96 Å². The molecule has 1 aromatic heterocycles. The Morgan fingerprint density at radius 1 is 1.43 bits per heavy atom. The van der Waals surface area contributed by atoms with E-state index in [0.717, 1.165) is 44.4 Å². The van der Waals surface area contributed by atoms with Crippen LogP contribution in [0.2, 0.25) is 0 Å². The van der Waals surface area contributed by atoms with Crippen molar-refractivity contribution in [1.29, 1.82) is 0 Å². The third kappa shape index (κ3) is 5.25. The molecular formula is C17H30N4O2. The van der Waals surface area contributed by atoms with Crippen molar-refractivity contribution in [1.82, 2.24) is 15.1 Å². The van der Waals surface area contributed by atoms with E-state index in [-0.39, 0.29) is 6.04 Å². The van der Waals surface area contributed by atoms with Crippen LogP contribution in [0.5, 0.6) is 0 Å². The Hall–Kier alpha value is -1.53. The van der Waals surface area contributed by atoms with Gasteiger partial charge in [0.1, 0.15) is 5.76 Å². The van der Waals surface area contributed by atoms with Crippen LogP contribution in [0.3, 0.4) is 0 Å². The molecule has 0 radical (unpaired) electrons. The minimum absolute atomic E-state index is 0.141. The van der Waals surface area contributed by atoms with Crippen LogP contribution >= 0.6 is 0 Å². The Morgan fingerprint density at radius 2 is 2.26 bits per heavy atom. The van der Waals surface area contributed by atoms with Crippen LogP contribution in [0, 0.1) is 5.92 Å². The number of aliphatic imine (C=N–C) groups is 1. The Kier molecular flexibility index (Phi) is 6.92. The fourth-order valence-corrected chi connectivity index (χ4v) is 2.83. The summed E-state index contributed by atoms with van der Waals surface area (Å²) in [5, 5.41) is 3.38. The summed E-state index contributed by atoms with van der Waals surface area (Å²) in [7, 11) is 6.20. The molecule has 1 aliphatic rings. The van der Waals surface area contributed by atoms with Crippen molar-refractivity contribution >= 4 is 5.96 Å². The molecule has 1 aliphatic heterocycles. The molecule has 2 unspecified atom stereocenters. The van der Waals surface area contributed by atoms with Crippen LogP contribution in [0.1, 0.15) is 25.1 Å². The van der Waals surface area contributed by atoms with Crippen molar-refractivity contribution < 1.29 is 9.15 Å². The summed E-state index contributed by atoms with van der Waals surface area (Å²) in [5.74, 6) is 2.48. The lowest BCUT2D eigenvalue weighted by Gasteiger charge is -2.26. The molecule has 0 spiro atoms. The molecule has 1 N–H and O–H groups in total. The zero-order valence-electron chi connectivity index (χ0n) is 14.8. The van der Waals surface area contributed by atoms with Crippen LogP contribution in [-0.4, -0.2) is 69.8 Å². The molecule has 0 amide bonds. The van der Waals surface area contributed by atoms with E-state index in [1.165, 1.54) is 0 Å². The van der Waals surface area contributed by atoms with Gasteiger partial charge in [0.2, 0.25) is 0 Å². The molecule has 6 nitrogen and oxygen atoms in total. The first-order valence-corrected chi connectivity index (χ1v) is 8.38. The molecule has 0 aromatic carbocycles. The van der Waals surface area contributed by atoms with Gasteiger partial charge in [-0.25, -0.2) is 0 Å². The average molecular weight is 322 g/mol. The summed E-state index contributed by atoms with van der Waals surface area (Å²) in [5.41, 5.74) is 0. The normalized spacial score (nSPS) is 20.0. The topological polar surface area (TPSA) is 53.2 Å². The van der Waals surface area contributed by atoms with Crippen LogP contribution in [0.25, 0.3) is 0 Å². The van der Waals surface area contributed by atoms with Crippen LogP contribution in [-0.2, 0) is 4.74 Å². The van der Waals surface area contributed by atoms with Gasteiger partial charge in [-0.15, -0.1) is 0 Å². The Morgan fingerprint density at radius 3 is 2.83 bits per heavy atom. The van der Waals surface area contributed by atoms with E-state index in [1.54, 1.807) is 6.26 Å². The second-order valence-corrected chi connectivity index (χ2v) is 6.30. The maximum Gasteiger partial charge on any atom is 0.193 e. The summed E-state index contributed by atoms with van der Waals surface area (Å²) in [6.45, 7) is 6.33. The van der Waals surface area contributed by atoms with Gasteiger partial charge in [0, 0.05) is 32.7 Å². The lowest BCUT2D eigenvalue weighted by atomic mass is 10.1. The molecule has 2 heterocycles. The third-order valence-electron chi connectivity index (χ3n) is 4.16. The fourth-order valence-electron chi connectivity index (χ4n) is 2.83. The molecule has 1 fully saturated rings. The number of hydrogen-bond acceptors (Lipinski definition) is 4. The Bertz CT molecular complexity index is 467. The Balaban J connectivity index is 2.01. The van der Waals surface area contributed by atoms with E-state index in [2.05, 4.69) is 43.2 Å². The molecule has 6 heteroatoms. The molecule has 0 saturated carbocycles. The zero-order valence-corrected chi connectivity index (χ0v) is 14.8. The van der Waals surface area contributed by atoms with Crippen molar-refractivity contribution in [2.24, 2.45) is 10.9 Å². The summed E-state index contributed by atoms with van der Waals surface area (Å²) in [6, 6.07) is 4.07. The number of likely N-dealkylation sites (N-methyl/N-ethyl adjacent to an activating group) is 1. The van der Waals surface area contributed by atoms with Crippen molar-refractivity contribution in [2.45, 2.75) is 19.4 Å². The quantitative estimate of drug-likeness (QED) is 0.613. The molecular weight excluding hydrogens is 292 g/mol. The lowest BCUT2D eigenvalue weighted by Crippen LogP contribution is -2.42. The first-order valence-electron chi connectivity index (χ1n) is 8.38. The first-order chi connectivity index (χ1) is 11.1. The van der Waals surface area contributed by atoms with Gasteiger partial charge in [-0.2, -0.15) is 0 Å². The SMILES string of the molecule is CCNC(=NCC(c1ccco1)N(C)C)N(C)CC1CCOC1. The number of furan rings is 1. The van der Waals surface area contributed by atoms with E-state index >= 15 is 0 Å². The second kappa shape index (κ2) is 8.93. The highest BCUT2D eigenvalue weighted by Crippen LogP contribution is 2.19. The summed E-state index contributed by atoms with van der Waals surface area (Å²) >= 11 is 0. The van der Waals surface area contributed by atoms with Crippen molar-refractivity contribution in [3.05, 3.63) is 24.2 Å². The number of nitrogens with zero attached hydrogens (tertiary/aromatic N) is 3. The highest BCUT2D eigenvalue weighted by Gasteiger charge is 2.20. The molecule has 2 rings (SSSR count). The van der Waals surface area contributed by atoms with Crippen molar-refractivity contribution in [2.75, 3.05) is 54.0 Å². The smallest absolute Gasteiger partial charge is 0.193 e. The first kappa shape index (κ1) is 17.8.